The van der Waals surface area contributed by atoms with Crippen LogP contribution < -0.4 is 9.47 Å². The van der Waals surface area contributed by atoms with Crippen molar-refractivity contribution >= 4 is 39.0 Å². The third kappa shape index (κ3) is 4.54. The molecule has 2 aromatic carbocycles. The van der Waals surface area contributed by atoms with E-state index in [0.717, 1.165) is 15.6 Å². The molecule has 1 aromatic heterocycles. The minimum Gasteiger partial charge on any atom is -0.503 e. The van der Waals surface area contributed by atoms with Crippen molar-refractivity contribution in [3.05, 3.63) is 91.8 Å². The molecule has 0 fully saturated rings. The van der Waals surface area contributed by atoms with Gasteiger partial charge in [-0.05, 0) is 53.3 Å². The van der Waals surface area contributed by atoms with Crippen LogP contribution in [0.4, 0.5) is 0 Å². The number of halogens is 1. The molecule has 8 heteroatoms. The SMILES string of the molecule is COc1ccc(CCN2C(=O)C(O)=C(C(=O)c3cccs3)C2c2ccc(Br)cc2)cc1OC. The van der Waals surface area contributed by atoms with Gasteiger partial charge in [-0.2, -0.15) is 0 Å². The number of thiophene rings is 1. The number of aliphatic hydroxyl groups excluding tert-OH is 1. The van der Waals surface area contributed by atoms with Crippen LogP contribution in [0.15, 0.2) is 75.8 Å². The Kier molecular flexibility index (Phi) is 6.85. The molecule has 3 aromatic rings. The molecule has 0 saturated carbocycles. The number of benzene rings is 2. The molecule has 6 nitrogen and oxygen atoms in total. The summed E-state index contributed by atoms with van der Waals surface area (Å²) in [4.78, 5) is 28.4. The lowest BCUT2D eigenvalue weighted by Gasteiger charge is -2.27. The van der Waals surface area contributed by atoms with E-state index in [9.17, 15) is 14.7 Å². The predicted molar refractivity (Wildman–Crippen MR) is 130 cm³/mol. The van der Waals surface area contributed by atoms with Gasteiger partial charge in [-0.1, -0.05) is 40.2 Å². The molecule has 2 heterocycles. The van der Waals surface area contributed by atoms with Crippen molar-refractivity contribution in [3.8, 4) is 11.5 Å². The molecule has 1 aliphatic rings. The fourth-order valence-corrected chi connectivity index (χ4v) is 4.88. The zero-order valence-corrected chi connectivity index (χ0v) is 20.5. The number of carbonyl (C=O) groups is 2. The Hall–Kier alpha value is -3.10. The van der Waals surface area contributed by atoms with Gasteiger partial charge in [0.15, 0.2) is 17.3 Å². The highest BCUT2D eigenvalue weighted by molar-refractivity contribution is 9.10. The second kappa shape index (κ2) is 9.80. The minimum atomic E-state index is -0.680. The summed E-state index contributed by atoms with van der Waals surface area (Å²) in [5, 5.41) is 12.6. The van der Waals surface area contributed by atoms with Crippen LogP contribution in [0.5, 0.6) is 11.5 Å². The van der Waals surface area contributed by atoms with Gasteiger partial charge in [-0.3, -0.25) is 9.59 Å². The van der Waals surface area contributed by atoms with E-state index < -0.39 is 17.7 Å². The van der Waals surface area contributed by atoms with Gasteiger partial charge < -0.3 is 19.5 Å². The predicted octanol–water partition coefficient (Wildman–Crippen LogP) is 5.35. The van der Waals surface area contributed by atoms with Gasteiger partial charge in [0.05, 0.1) is 30.7 Å². The first-order chi connectivity index (χ1) is 15.9. The molecular formula is C25H22BrNO5S. The van der Waals surface area contributed by atoms with Crippen LogP contribution in [-0.2, 0) is 11.2 Å². The van der Waals surface area contributed by atoms with E-state index in [1.54, 1.807) is 36.6 Å². The molecule has 1 aliphatic heterocycles. The lowest BCUT2D eigenvalue weighted by molar-refractivity contribution is -0.129. The van der Waals surface area contributed by atoms with Crippen molar-refractivity contribution < 1.29 is 24.2 Å². The van der Waals surface area contributed by atoms with Crippen LogP contribution in [0.1, 0.15) is 26.8 Å². The maximum atomic E-state index is 13.3. The Morgan fingerprint density at radius 3 is 2.45 bits per heavy atom. The number of aliphatic hydroxyl groups is 1. The van der Waals surface area contributed by atoms with E-state index in [1.165, 1.54) is 11.3 Å². The van der Waals surface area contributed by atoms with Crippen LogP contribution in [0, 0.1) is 0 Å². The first-order valence-electron chi connectivity index (χ1n) is 10.2. The molecule has 33 heavy (non-hydrogen) atoms. The lowest BCUT2D eigenvalue weighted by atomic mass is 9.95. The van der Waals surface area contributed by atoms with Gasteiger partial charge >= 0.3 is 0 Å². The van der Waals surface area contributed by atoms with Crippen LogP contribution in [0.25, 0.3) is 0 Å². The number of amides is 1. The third-order valence-electron chi connectivity index (χ3n) is 5.57. The van der Waals surface area contributed by atoms with Crippen molar-refractivity contribution in [1.29, 1.82) is 0 Å². The monoisotopic (exact) mass is 527 g/mol. The zero-order valence-electron chi connectivity index (χ0n) is 18.1. The van der Waals surface area contributed by atoms with Crippen molar-refractivity contribution in [2.24, 2.45) is 0 Å². The highest BCUT2D eigenvalue weighted by Gasteiger charge is 2.43. The highest BCUT2D eigenvalue weighted by Crippen LogP contribution is 2.40. The summed E-state index contributed by atoms with van der Waals surface area (Å²) < 4.78 is 11.5. The Balaban J connectivity index is 1.67. The number of nitrogens with zero attached hydrogens (tertiary/aromatic N) is 1. The third-order valence-corrected chi connectivity index (χ3v) is 6.97. The van der Waals surface area contributed by atoms with E-state index in [0.29, 0.717) is 29.3 Å². The van der Waals surface area contributed by atoms with Gasteiger partial charge in [0, 0.05) is 11.0 Å². The molecule has 1 amide bonds. The molecule has 0 bridgehead atoms. The summed E-state index contributed by atoms with van der Waals surface area (Å²) in [6.07, 6.45) is 0.507. The summed E-state index contributed by atoms with van der Waals surface area (Å²) in [6.45, 7) is 0.306. The standard InChI is InChI=1S/C25H22BrNO5S/c1-31-18-10-5-15(14-19(18)32-2)11-12-27-22(16-6-8-17(26)9-7-16)21(24(29)25(27)30)23(28)20-4-3-13-33-20/h3-10,13-14,22,29H,11-12H2,1-2H3. The molecule has 4 rings (SSSR count). The summed E-state index contributed by atoms with van der Waals surface area (Å²) in [6, 6.07) is 15.8. The summed E-state index contributed by atoms with van der Waals surface area (Å²) >= 11 is 4.71. The van der Waals surface area contributed by atoms with Gasteiger partial charge in [-0.15, -0.1) is 11.3 Å². The molecule has 0 aliphatic carbocycles. The Labute approximate surface area is 204 Å². The number of hydrogen-bond donors (Lipinski definition) is 1. The highest BCUT2D eigenvalue weighted by atomic mass is 79.9. The smallest absolute Gasteiger partial charge is 0.290 e. The first-order valence-corrected chi connectivity index (χ1v) is 11.9. The van der Waals surface area contributed by atoms with Gasteiger partial charge in [-0.25, -0.2) is 0 Å². The average Bonchev–Trinajstić information content (AvgIpc) is 3.45. The molecule has 0 saturated heterocycles. The number of methoxy groups -OCH3 is 2. The zero-order chi connectivity index (χ0) is 23.5. The van der Waals surface area contributed by atoms with Gasteiger partial charge in [0.1, 0.15) is 0 Å². The topological polar surface area (TPSA) is 76.1 Å². The summed E-state index contributed by atoms with van der Waals surface area (Å²) in [5.41, 5.74) is 1.80. The van der Waals surface area contributed by atoms with Crippen molar-refractivity contribution in [1.82, 2.24) is 4.90 Å². The van der Waals surface area contributed by atoms with Crippen molar-refractivity contribution in [2.45, 2.75) is 12.5 Å². The normalized spacial score (nSPS) is 15.8. The number of ether oxygens (including phenoxy) is 2. The number of rotatable bonds is 8. The van der Waals surface area contributed by atoms with E-state index in [2.05, 4.69) is 15.9 Å². The van der Waals surface area contributed by atoms with Crippen LogP contribution in [-0.4, -0.2) is 42.5 Å². The maximum Gasteiger partial charge on any atom is 0.290 e. The largest absolute Gasteiger partial charge is 0.503 e. The summed E-state index contributed by atoms with van der Waals surface area (Å²) in [7, 11) is 3.14. The second-order valence-electron chi connectivity index (χ2n) is 7.46. The van der Waals surface area contributed by atoms with Crippen molar-refractivity contribution in [2.75, 3.05) is 20.8 Å². The molecule has 0 radical (unpaired) electrons. The quantitative estimate of drug-likeness (QED) is 0.399. The van der Waals surface area contributed by atoms with Gasteiger partial charge in [0.2, 0.25) is 5.78 Å². The lowest BCUT2D eigenvalue weighted by Crippen LogP contribution is -2.33. The Bertz CT molecular complexity index is 1200. The van der Waals surface area contributed by atoms with Crippen molar-refractivity contribution in [3.63, 3.8) is 0 Å². The van der Waals surface area contributed by atoms with Crippen LogP contribution >= 0.6 is 27.3 Å². The van der Waals surface area contributed by atoms with E-state index in [-0.39, 0.29) is 11.4 Å². The second-order valence-corrected chi connectivity index (χ2v) is 9.32. The first kappa shape index (κ1) is 23.1. The molecule has 1 atom stereocenters. The molecule has 170 valence electrons. The number of ketones is 1. The molecule has 0 spiro atoms. The minimum absolute atomic E-state index is 0.108. The van der Waals surface area contributed by atoms with Gasteiger partial charge in [0.25, 0.3) is 5.91 Å². The van der Waals surface area contributed by atoms with Crippen LogP contribution in [0.2, 0.25) is 0 Å². The number of carbonyl (C=O) groups excluding carboxylic acids is 2. The number of hydrogen-bond acceptors (Lipinski definition) is 6. The molecular weight excluding hydrogens is 506 g/mol. The molecule has 1 unspecified atom stereocenters. The fourth-order valence-electron chi connectivity index (χ4n) is 3.93. The van der Waals surface area contributed by atoms with Crippen LogP contribution in [0.3, 0.4) is 0 Å². The van der Waals surface area contributed by atoms with E-state index >= 15 is 0 Å². The maximum absolute atomic E-state index is 13.3. The average molecular weight is 528 g/mol. The number of Topliss-reactive ketones (excluding diaryl/α,β-unsaturated/α-hetero) is 1. The Morgan fingerprint density at radius 1 is 1.09 bits per heavy atom. The van der Waals surface area contributed by atoms with E-state index in [1.807, 2.05) is 42.5 Å². The Morgan fingerprint density at radius 2 is 1.82 bits per heavy atom. The summed E-state index contributed by atoms with van der Waals surface area (Å²) in [5.74, 6) is -0.162. The molecule has 1 N–H and O–H groups in total. The van der Waals surface area contributed by atoms with E-state index in [4.69, 9.17) is 9.47 Å². The fraction of sp³-hybridized carbons (Fsp3) is 0.200.